The molecule has 0 fully saturated rings. The van der Waals surface area contributed by atoms with Crippen LogP contribution in [0.2, 0.25) is 0 Å². The van der Waals surface area contributed by atoms with Crippen molar-refractivity contribution in [2.75, 3.05) is 0 Å². The van der Waals surface area contributed by atoms with Gasteiger partial charge in [0.1, 0.15) is 5.82 Å². The fraction of sp³-hybridized carbons (Fsp3) is 0.0952. The van der Waals surface area contributed by atoms with E-state index in [4.69, 9.17) is 10.7 Å². The topological polar surface area (TPSA) is 43.8 Å². The number of hydrogen-bond donors (Lipinski definition) is 1. The Balaban J connectivity index is 1.97. The molecular formula is C21H19N3. The lowest BCUT2D eigenvalue weighted by atomic mass is 10.0. The van der Waals surface area contributed by atoms with E-state index in [1.54, 1.807) is 0 Å². The lowest BCUT2D eigenvalue weighted by Gasteiger charge is -2.17. The van der Waals surface area contributed by atoms with E-state index < -0.39 is 0 Å². The van der Waals surface area contributed by atoms with E-state index in [9.17, 15) is 0 Å². The summed E-state index contributed by atoms with van der Waals surface area (Å²) in [6, 6.07) is 26.4. The number of hydrogen-bond acceptors (Lipinski definition) is 2. The highest BCUT2D eigenvalue weighted by Gasteiger charge is 2.20. The highest BCUT2D eigenvalue weighted by molar-refractivity contribution is 5.78. The van der Waals surface area contributed by atoms with Gasteiger partial charge in [0.05, 0.1) is 17.1 Å². The van der Waals surface area contributed by atoms with E-state index >= 15 is 0 Å². The van der Waals surface area contributed by atoms with Crippen LogP contribution in [0.5, 0.6) is 0 Å². The molecule has 0 aliphatic carbocycles. The summed E-state index contributed by atoms with van der Waals surface area (Å²) in [7, 11) is 0. The SMILES string of the molecule is Cc1ccccc1C(N)c1nc2ccccc2n1-c1ccccc1. The lowest BCUT2D eigenvalue weighted by molar-refractivity contribution is 0.761. The molecule has 3 heteroatoms. The minimum Gasteiger partial charge on any atom is -0.318 e. The summed E-state index contributed by atoms with van der Waals surface area (Å²) in [6.45, 7) is 2.09. The Morgan fingerprint density at radius 3 is 2.29 bits per heavy atom. The maximum absolute atomic E-state index is 6.64. The number of fused-ring (bicyclic) bond motifs is 1. The van der Waals surface area contributed by atoms with Crippen molar-refractivity contribution < 1.29 is 0 Å². The molecule has 3 nitrogen and oxygen atoms in total. The second-order valence-electron chi connectivity index (χ2n) is 5.96. The van der Waals surface area contributed by atoms with Gasteiger partial charge in [-0.3, -0.25) is 4.57 Å². The molecule has 0 radical (unpaired) electrons. The molecule has 4 aromatic rings. The Hall–Kier alpha value is -2.91. The first-order valence-electron chi connectivity index (χ1n) is 8.09. The first-order valence-corrected chi connectivity index (χ1v) is 8.09. The summed E-state index contributed by atoms with van der Waals surface area (Å²) in [4.78, 5) is 4.84. The first-order chi connectivity index (χ1) is 11.8. The summed E-state index contributed by atoms with van der Waals surface area (Å²) in [6.07, 6.45) is 0. The number of nitrogens with two attached hydrogens (primary N) is 1. The second-order valence-corrected chi connectivity index (χ2v) is 5.96. The maximum Gasteiger partial charge on any atom is 0.136 e. The zero-order valence-electron chi connectivity index (χ0n) is 13.6. The highest BCUT2D eigenvalue weighted by atomic mass is 15.1. The Labute approximate surface area is 141 Å². The van der Waals surface area contributed by atoms with Crippen LogP contribution in [0.1, 0.15) is 23.0 Å². The first kappa shape index (κ1) is 14.7. The molecule has 1 unspecified atom stereocenters. The van der Waals surface area contributed by atoms with Crippen molar-refractivity contribution in [1.82, 2.24) is 9.55 Å². The Kier molecular flexibility index (Phi) is 3.63. The fourth-order valence-corrected chi connectivity index (χ4v) is 3.18. The van der Waals surface area contributed by atoms with Gasteiger partial charge in [-0.15, -0.1) is 0 Å². The van der Waals surface area contributed by atoms with Gasteiger partial charge in [-0.05, 0) is 42.3 Å². The number of benzene rings is 3. The molecule has 118 valence electrons. The zero-order chi connectivity index (χ0) is 16.5. The molecule has 1 heterocycles. The van der Waals surface area contributed by atoms with Crippen molar-refractivity contribution in [3.05, 3.63) is 95.8 Å². The Morgan fingerprint density at radius 1 is 0.833 bits per heavy atom. The van der Waals surface area contributed by atoms with Crippen LogP contribution in [0, 0.1) is 6.92 Å². The third-order valence-corrected chi connectivity index (χ3v) is 4.40. The molecular weight excluding hydrogens is 294 g/mol. The summed E-state index contributed by atoms with van der Waals surface area (Å²) in [5.74, 6) is 0.858. The molecule has 0 saturated heterocycles. The second kappa shape index (κ2) is 5.95. The number of aromatic nitrogens is 2. The Morgan fingerprint density at radius 2 is 1.50 bits per heavy atom. The van der Waals surface area contributed by atoms with E-state index in [2.05, 4.69) is 41.8 Å². The molecule has 24 heavy (non-hydrogen) atoms. The van der Waals surface area contributed by atoms with Crippen molar-refractivity contribution in [1.29, 1.82) is 0 Å². The molecule has 0 spiro atoms. The van der Waals surface area contributed by atoms with Gasteiger partial charge in [-0.25, -0.2) is 4.98 Å². The monoisotopic (exact) mass is 313 g/mol. The van der Waals surface area contributed by atoms with Crippen molar-refractivity contribution in [3.63, 3.8) is 0 Å². The molecule has 4 rings (SSSR count). The summed E-state index contributed by atoms with van der Waals surface area (Å²) in [5.41, 5.74) is 12.0. The fourth-order valence-electron chi connectivity index (χ4n) is 3.18. The van der Waals surface area contributed by atoms with E-state index in [0.29, 0.717) is 0 Å². The van der Waals surface area contributed by atoms with Crippen molar-refractivity contribution in [3.8, 4) is 5.69 Å². The third-order valence-electron chi connectivity index (χ3n) is 4.40. The van der Waals surface area contributed by atoms with Crippen molar-refractivity contribution >= 4 is 11.0 Å². The van der Waals surface area contributed by atoms with E-state index in [0.717, 1.165) is 28.1 Å². The van der Waals surface area contributed by atoms with Crippen LogP contribution in [-0.2, 0) is 0 Å². The van der Waals surface area contributed by atoms with E-state index in [1.807, 2.05) is 48.5 Å². The standard InChI is InChI=1S/C21H19N3/c1-15-9-5-6-12-17(15)20(22)21-23-18-13-7-8-14-19(18)24(21)16-10-3-2-4-11-16/h2-14,20H,22H2,1H3. The van der Waals surface area contributed by atoms with Crippen LogP contribution >= 0.6 is 0 Å². The van der Waals surface area contributed by atoms with Gasteiger partial charge in [0.25, 0.3) is 0 Å². The van der Waals surface area contributed by atoms with Crippen molar-refractivity contribution in [2.45, 2.75) is 13.0 Å². The van der Waals surface area contributed by atoms with Crippen LogP contribution in [0.25, 0.3) is 16.7 Å². The lowest BCUT2D eigenvalue weighted by Crippen LogP contribution is -2.18. The molecule has 0 aliphatic rings. The quantitative estimate of drug-likeness (QED) is 0.610. The molecule has 2 N–H and O–H groups in total. The van der Waals surface area contributed by atoms with Gasteiger partial charge in [-0.2, -0.15) is 0 Å². The predicted molar refractivity (Wildman–Crippen MR) is 98.3 cm³/mol. The molecule has 1 aromatic heterocycles. The van der Waals surface area contributed by atoms with Gasteiger partial charge < -0.3 is 5.73 Å². The number of rotatable bonds is 3. The highest BCUT2D eigenvalue weighted by Crippen LogP contribution is 2.28. The van der Waals surface area contributed by atoms with Gasteiger partial charge in [0.15, 0.2) is 0 Å². The van der Waals surface area contributed by atoms with Crippen LogP contribution in [0.4, 0.5) is 0 Å². The summed E-state index contributed by atoms with van der Waals surface area (Å²) < 4.78 is 2.16. The number of imidazole rings is 1. The molecule has 0 aliphatic heterocycles. The van der Waals surface area contributed by atoms with Gasteiger partial charge >= 0.3 is 0 Å². The molecule has 0 amide bonds. The minimum atomic E-state index is -0.279. The molecule has 3 aromatic carbocycles. The van der Waals surface area contributed by atoms with Crippen LogP contribution in [-0.4, -0.2) is 9.55 Å². The normalized spacial score (nSPS) is 12.4. The Bertz CT molecular complexity index is 986. The molecule has 0 bridgehead atoms. The zero-order valence-corrected chi connectivity index (χ0v) is 13.6. The predicted octanol–water partition coefficient (Wildman–Crippen LogP) is 4.38. The van der Waals surface area contributed by atoms with E-state index in [-0.39, 0.29) is 6.04 Å². The number of aryl methyl sites for hydroxylation is 1. The number of para-hydroxylation sites is 3. The molecule has 1 atom stereocenters. The van der Waals surface area contributed by atoms with Crippen molar-refractivity contribution in [2.24, 2.45) is 5.73 Å². The smallest absolute Gasteiger partial charge is 0.136 e. The third kappa shape index (κ3) is 2.39. The minimum absolute atomic E-state index is 0.279. The maximum atomic E-state index is 6.64. The van der Waals surface area contributed by atoms with Crippen LogP contribution in [0.3, 0.4) is 0 Å². The van der Waals surface area contributed by atoms with Gasteiger partial charge in [-0.1, -0.05) is 54.6 Å². The van der Waals surface area contributed by atoms with E-state index in [1.165, 1.54) is 5.56 Å². The van der Waals surface area contributed by atoms with Gasteiger partial charge in [0, 0.05) is 5.69 Å². The molecule has 0 saturated carbocycles. The van der Waals surface area contributed by atoms with Crippen LogP contribution < -0.4 is 5.73 Å². The summed E-state index contributed by atoms with van der Waals surface area (Å²) >= 11 is 0. The average molecular weight is 313 g/mol. The average Bonchev–Trinajstić information content (AvgIpc) is 3.02. The number of nitrogens with zero attached hydrogens (tertiary/aromatic N) is 2. The van der Waals surface area contributed by atoms with Crippen LogP contribution in [0.15, 0.2) is 78.9 Å². The van der Waals surface area contributed by atoms with Gasteiger partial charge in [0.2, 0.25) is 0 Å². The largest absolute Gasteiger partial charge is 0.318 e. The summed E-state index contributed by atoms with van der Waals surface area (Å²) in [5, 5.41) is 0.